The van der Waals surface area contributed by atoms with Crippen LogP contribution in [-0.4, -0.2) is 58.4 Å². The first kappa shape index (κ1) is 30.5. The number of benzene rings is 1. The molecule has 1 aliphatic rings. The Balaban J connectivity index is 1.49. The molecule has 3 N–H and O–H groups in total. The number of amides is 1. The molecule has 0 saturated carbocycles. The van der Waals surface area contributed by atoms with Crippen molar-refractivity contribution in [3.05, 3.63) is 73.5 Å². The average molecular weight is 627 g/mol. The minimum Gasteiger partial charge on any atom is -0.377 e. The van der Waals surface area contributed by atoms with Gasteiger partial charge in [-0.05, 0) is 75.8 Å². The van der Waals surface area contributed by atoms with Crippen LogP contribution in [0.25, 0.3) is 10.9 Å². The average Bonchev–Trinajstić information content (AvgIpc) is 3.28. The van der Waals surface area contributed by atoms with E-state index < -0.39 is 22.0 Å². The van der Waals surface area contributed by atoms with Crippen LogP contribution in [-0.2, 0) is 17.1 Å². The number of carbonyl (C=O) groups excluding carboxylic acids is 1. The molecule has 0 bridgehead atoms. The van der Waals surface area contributed by atoms with Crippen LogP contribution in [0.5, 0.6) is 0 Å². The number of H-pyrrole nitrogens is 1. The lowest BCUT2D eigenvalue weighted by molar-refractivity contribution is 0.0977. The molecule has 12 nitrogen and oxygen atoms in total. The molecule has 0 unspecified atom stereocenters. The molecule has 0 aliphatic carbocycles. The van der Waals surface area contributed by atoms with Gasteiger partial charge in [-0.2, -0.15) is 5.10 Å². The molecule has 4 heterocycles. The van der Waals surface area contributed by atoms with Crippen LogP contribution in [0.2, 0.25) is 5.15 Å². The highest BCUT2D eigenvalue weighted by molar-refractivity contribution is 7.89. The van der Waals surface area contributed by atoms with Crippen LogP contribution in [0, 0.1) is 20.8 Å². The maximum Gasteiger partial charge on any atom is 0.285 e. The van der Waals surface area contributed by atoms with Gasteiger partial charge in [-0.1, -0.05) is 17.7 Å². The number of aromatic nitrogens is 5. The fourth-order valence-corrected chi connectivity index (χ4v) is 6.52. The predicted octanol–water partition coefficient (Wildman–Crippen LogP) is 3.88. The van der Waals surface area contributed by atoms with Crippen molar-refractivity contribution in [3.8, 4) is 0 Å². The second-order valence-electron chi connectivity index (χ2n) is 11.2. The number of sulfonamides is 1. The molecular formula is C29H35ClN8O4S. The minimum atomic E-state index is -3.83. The zero-order valence-corrected chi connectivity index (χ0v) is 26.5. The Morgan fingerprint density at radius 3 is 2.47 bits per heavy atom. The first-order valence-corrected chi connectivity index (χ1v) is 16.2. The van der Waals surface area contributed by atoms with E-state index in [1.165, 1.54) is 11.6 Å². The number of fused-ring (bicyclic) bond motifs is 1. The van der Waals surface area contributed by atoms with Crippen molar-refractivity contribution in [2.24, 2.45) is 7.05 Å². The Kier molecular flexibility index (Phi) is 8.23. The summed E-state index contributed by atoms with van der Waals surface area (Å²) in [6.07, 6.45) is 2.71. The van der Waals surface area contributed by atoms with Crippen LogP contribution in [0.4, 0.5) is 11.6 Å². The van der Waals surface area contributed by atoms with E-state index in [9.17, 15) is 18.0 Å². The number of aromatic amines is 1. The number of nitrogens with zero attached hydrogens (tertiary/aromatic N) is 5. The summed E-state index contributed by atoms with van der Waals surface area (Å²) < 4.78 is 27.0. The molecule has 1 amide bonds. The summed E-state index contributed by atoms with van der Waals surface area (Å²) in [5.74, 6) is 0.0690. The highest BCUT2D eigenvalue weighted by Crippen LogP contribution is 2.34. The van der Waals surface area contributed by atoms with E-state index in [1.807, 2.05) is 37.6 Å². The summed E-state index contributed by atoms with van der Waals surface area (Å²) in [7, 11) is -2.08. The summed E-state index contributed by atoms with van der Waals surface area (Å²) in [5, 5.41) is 11.2. The third-order valence-electron chi connectivity index (χ3n) is 7.89. The van der Waals surface area contributed by atoms with Crippen LogP contribution in [0.1, 0.15) is 70.3 Å². The fourth-order valence-electron chi connectivity index (χ4n) is 5.94. The number of piperidine rings is 1. The van der Waals surface area contributed by atoms with E-state index in [2.05, 4.69) is 32.3 Å². The molecule has 1 atom stereocenters. The van der Waals surface area contributed by atoms with Gasteiger partial charge >= 0.3 is 0 Å². The van der Waals surface area contributed by atoms with Gasteiger partial charge in [0.1, 0.15) is 5.15 Å². The van der Waals surface area contributed by atoms with E-state index in [-0.39, 0.29) is 22.1 Å². The quantitative estimate of drug-likeness (QED) is 0.259. The van der Waals surface area contributed by atoms with Crippen molar-refractivity contribution >= 4 is 50.1 Å². The van der Waals surface area contributed by atoms with Crippen LogP contribution in [0.15, 0.2) is 29.1 Å². The number of rotatable bonds is 7. The van der Waals surface area contributed by atoms with Crippen molar-refractivity contribution in [1.82, 2.24) is 29.5 Å². The van der Waals surface area contributed by atoms with Crippen LogP contribution < -0.4 is 20.5 Å². The molecule has 1 fully saturated rings. The van der Waals surface area contributed by atoms with Crippen LogP contribution in [0.3, 0.4) is 0 Å². The van der Waals surface area contributed by atoms with E-state index in [0.29, 0.717) is 22.8 Å². The lowest BCUT2D eigenvalue weighted by atomic mass is 9.88. The summed E-state index contributed by atoms with van der Waals surface area (Å²) in [6.45, 7) is 9.34. The van der Waals surface area contributed by atoms with Gasteiger partial charge in [0, 0.05) is 31.4 Å². The zero-order valence-electron chi connectivity index (χ0n) is 24.9. The summed E-state index contributed by atoms with van der Waals surface area (Å²) in [4.78, 5) is 37.7. The fraction of sp³-hybridized carbons (Fsp3) is 0.414. The topological polar surface area (TPSA) is 155 Å². The lowest BCUT2D eigenvalue weighted by Crippen LogP contribution is -2.38. The molecule has 1 aromatic carbocycles. The first-order chi connectivity index (χ1) is 20.2. The molecule has 3 aromatic heterocycles. The number of carbonyl (C=O) groups is 1. The van der Waals surface area contributed by atoms with Gasteiger partial charge in [0.05, 0.1) is 34.6 Å². The minimum absolute atomic E-state index is 0.0366. The van der Waals surface area contributed by atoms with E-state index in [4.69, 9.17) is 16.6 Å². The number of pyridine rings is 1. The Morgan fingerprint density at radius 2 is 1.84 bits per heavy atom. The SMILES string of the molecule is Cc1cc([C@@H](C)Nc2ccc(Cl)nc2C(=O)NS(C)(=O)=O)c2nc(N3CCC(c4c(C)n[nH]c4C)CC3)n(C)c(=O)c2c1. The van der Waals surface area contributed by atoms with Crippen molar-refractivity contribution in [3.63, 3.8) is 0 Å². The highest BCUT2D eigenvalue weighted by atomic mass is 35.5. The predicted molar refractivity (Wildman–Crippen MR) is 168 cm³/mol. The summed E-state index contributed by atoms with van der Waals surface area (Å²) >= 11 is 6.04. The van der Waals surface area contributed by atoms with E-state index in [0.717, 1.165) is 54.7 Å². The second kappa shape index (κ2) is 11.6. The van der Waals surface area contributed by atoms with Gasteiger partial charge in [-0.25, -0.2) is 23.1 Å². The first-order valence-electron chi connectivity index (χ1n) is 14.0. The standard InChI is InChI=1S/C29H35ClN8O4S/c1-15-13-20(16(2)31-22-7-8-23(30)32-26(22)27(39)36-43(6,41)42)25-21(14-15)28(40)37(5)29(33-25)38-11-9-19(10-12-38)24-17(3)34-35-18(24)4/h7-8,13-14,16,19,31H,9-12H2,1-6H3,(H,34,35)(H,36,39)/t16-/m1/s1. The summed E-state index contributed by atoms with van der Waals surface area (Å²) in [6, 6.07) is 6.40. The van der Waals surface area contributed by atoms with Gasteiger partial charge < -0.3 is 10.2 Å². The number of halogens is 1. The molecule has 0 spiro atoms. The second-order valence-corrected chi connectivity index (χ2v) is 13.4. The van der Waals surface area contributed by atoms with Crippen LogP contribution >= 0.6 is 11.6 Å². The van der Waals surface area contributed by atoms with Gasteiger partial charge in [0.15, 0.2) is 5.69 Å². The lowest BCUT2D eigenvalue weighted by Gasteiger charge is -2.34. The van der Waals surface area contributed by atoms with Crippen molar-refractivity contribution < 1.29 is 13.2 Å². The molecule has 228 valence electrons. The maximum atomic E-state index is 13.7. The Bertz CT molecular complexity index is 1880. The Hall–Kier alpha value is -3.97. The largest absolute Gasteiger partial charge is 0.377 e. The van der Waals surface area contributed by atoms with Gasteiger partial charge in [-0.15, -0.1) is 0 Å². The highest BCUT2D eigenvalue weighted by Gasteiger charge is 2.28. The van der Waals surface area contributed by atoms with E-state index in [1.54, 1.807) is 17.7 Å². The molecule has 14 heteroatoms. The number of aryl methyl sites for hydroxylation is 3. The molecule has 1 aliphatic heterocycles. The number of hydrogen-bond donors (Lipinski definition) is 3. The third kappa shape index (κ3) is 6.23. The normalized spacial score (nSPS) is 15.1. The number of nitrogens with one attached hydrogen (secondary N) is 3. The van der Waals surface area contributed by atoms with Crippen molar-refractivity contribution in [2.75, 3.05) is 29.6 Å². The molecule has 4 aromatic rings. The molecule has 5 rings (SSSR count). The summed E-state index contributed by atoms with van der Waals surface area (Å²) in [5.41, 5.74) is 5.54. The van der Waals surface area contributed by atoms with Gasteiger partial charge in [-0.3, -0.25) is 19.3 Å². The molecule has 1 saturated heterocycles. The van der Waals surface area contributed by atoms with Crippen molar-refractivity contribution in [2.45, 2.75) is 52.5 Å². The molecule has 43 heavy (non-hydrogen) atoms. The number of hydrogen-bond acceptors (Lipinski definition) is 9. The zero-order chi connectivity index (χ0) is 31.2. The number of anilines is 2. The van der Waals surface area contributed by atoms with E-state index >= 15 is 0 Å². The third-order valence-corrected chi connectivity index (χ3v) is 8.66. The Labute approximate surface area is 254 Å². The molecular weight excluding hydrogens is 592 g/mol. The van der Waals surface area contributed by atoms with Gasteiger partial charge in [0.25, 0.3) is 11.5 Å². The van der Waals surface area contributed by atoms with Crippen molar-refractivity contribution in [1.29, 1.82) is 0 Å². The monoisotopic (exact) mass is 626 g/mol. The Morgan fingerprint density at radius 1 is 1.14 bits per heavy atom. The smallest absolute Gasteiger partial charge is 0.285 e. The van der Waals surface area contributed by atoms with Gasteiger partial charge in [0.2, 0.25) is 16.0 Å². The molecule has 0 radical (unpaired) electrons. The maximum absolute atomic E-state index is 13.7.